The minimum absolute atomic E-state index is 0.250. The van der Waals surface area contributed by atoms with E-state index in [1.54, 1.807) is 0 Å². The van der Waals surface area contributed by atoms with E-state index in [0.29, 0.717) is 5.92 Å². The van der Waals surface area contributed by atoms with Crippen LogP contribution in [0.1, 0.15) is 29.5 Å². The Morgan fingerprint density at radius 3 is 2.33 bits per heavy atom. The molecule has 0 N–H and O–H groups in total. The third-order valence-electron chi connectivity index (χ3n) is 10.6. The van der Waals surface area contributed by atoms with Crippen molar-refractivity contribution in [2.75, 3.05) is 0 Å². The van der Waals surface area contributed by atoms with Crippen LogP contribution in [0.2, 0.25) is 0 Å². The summed E-state index contributed by atoms with van der Waals surface area (Å²) in [5.74, 6) is 1.53. The number of pyridine rings is 2. The number of rotatable bonds is 4. The molecule has 3 heteroatoms. The Hall–Kier alpha value is -6.06. The first-order valence-electron chi connectivity index (χ1n) is 17.2. The predicted octanol–water partition coefficient (Wildman–Crippen LogP) is 11.5. The van der Waals surface area contributed by atoms with Crippen LogP contribution in [0.4, 0.5) is 0 Å². The van der Waals surface area contributed by atoms with Crippen molar-refractivity contribution >= 4 is 32.6 Å². The van der Waals surface area contributed by atoms with Gasteiger partial charge in [0, 0.05) is 22.9 Å². The van der Waals surface area contributed by atoms with Gasteiger partial charge in [0.1, 0.15) is 5.82 Å². The zero-order valence-corrected chi connectivity index (χ0v) is 27.2. The van der Waals surface area contributed by atoms with Crippen LogP contribution in [0, 0.1) is 5.92 Å². The molecule has 49 heavy (non-hydrogen) atoms. The van der Waals surface area contributed by atoms with Gasteiger partial charge in [0.15, 0.2) is 0 Å². The van der Waals surface area contributed by atoms with E-state index in [4.69, 9.17) is 9.97 Å². The molecule has 0 amide bonds. The predicted molar refractivity (Wildman–Crippen MR) is 203 cm³/mol. The van der Waals surface area contributed by atoms with Gasteiger partial charge in [-0.05, 0) is 111 Å². The number of allylic oxidation sites excluding steroid dienone is 4. The van der Waals surface area contributed by atoms with Crippen molar-refractivity contribution in [3.63, 3.8) is 0 Å². The number of nitrogens with zero attached hydrogens (tertiary/aromatic N) is 3. The summed E-state index contributed by atoms with van der Waals surface area (Å²) in [4.78, 5) is 10.1. The zero-order valence-electron chi connectivity index (χ0n) is 27.2. The second-order valence-corrected chi connectivity index (χ2v) is 13.5. The quantitative estimate of drug-likeness (QED) is 0.194. The molecule has 232 valence electrons. The van der Waals surface area contributed by atoms with Crippen molar-refractivity contribution < 1.29 is 0 Å². The number of aromatic nitrogens is 3. The first-order valence-corrected chi connectivity index (χ1v) is 17.2. The van der Waals surface area contributed by atoms with Crippen LogP contribution in [-0.4, -0.2) is 14.5 Å². The lowest BCUT2D eigenvalue weighted by atomic mass is 9.84. The first kappa shape index (κ1) is 28.0. The molecule has 0 fully saturated rings. The van der Waals surface area contributed by atoms with Crippen molar-refractivity contribution in [2.24, 2.45) is 5.92 Å². The molecule has 10 rings (SSSR count). The molecule has 8 aromatic rings. The van der Waals surface area contributed by atoms with Crippen molar-refractivity contribution in [3.05, 3.63) is 175 Å². The maximum Gasteiger partial charge on any atom is 0.138 e. The van der Waals surface area contributed by atoms with Gasteiger partial charge >= 0.3 is 0 Å². The molecule has 2 atom stereocenters. The van der Waals surface area contributed by atoms with E-state index in [1.807, 2.05) is 18.3 Å². The van der Waals surface area contributed by atoms with Gasteiger partial charge in [0.2, 0.25) is 0 Å². The minimum Gasteiger partial charge on any atom is -0.294 e. The SMILES string of the molecule is CC1C=CC=CC1c1cc(-c2ccccn2)nc(-n2c3ccc(-c4ccc5c(c4)-c4ccccc4C5)cc3c3c4ccccc4ccc32)c1. The van der Waals surface area contributed by atoms with Gasteiger partial charge in [0.25, 0.3) is 0 Å². The van der Waals surface area contributed by atoms with E-state index in [1.165, 1.54) is 60.5 Å². The highest BCUT2D eigenvalue weighted by molar-refractivity contribution is 6.21. The summed E-state index contributed by atoms with van der Waals surface area (Å²) in [6.07, 6.45) is 11.8. The number of benzene rings is 5. The first-order chi connectivity index (χ1) is 24.2. The Kier molecular flexibility index (Phi) is 6.29. The number of fused-ring (bicyclic) bond motifs is 8. The third kappa shape index (κ3) is 4.50. The Bertz CT molecular complexity index is 2660. The lowest BCUT2D eigenvalue weighted by Crippen LogP contribution is -2.10. The normalized spacial score (nSPS) is 16.4. The summed E-state index contributed by atoms with van der Waals surface area (Å²) in [6.45, 7) is 2.29. The summed E-state index contributed by atoms with van der Waals surface area (Å²) >= 11 is 0. The lowest BCUT2D eigenvalue weighted by Gasteiger charge is -2.22. The van der Waals surface area contributed by atoms with Crippen LogP contribution in [-0.2, 0) is 6.42 Å². The highest BCUT2D eigenvalue weighted by atomic mass is 15.1. The summed E-state index contributed by atoms with van der Waals surface area (Å²) in [5.41, 5.74) is 13.3. The van der Waals surface area contributed by atoms with Crippen LogP contribution in [0.25, 0.3) is 72.0 Å². The second kappa shape index (κ2) is 11.0. The molecule has 3 nitrogen and oxygen atoms in total. The molecular weight excluding hydrogens is 595 g/mol. The topological polar surface area (TPSA) is 30.7 Å². The molecule has 3 heterocycles. The molecule has 0 saturated carbocycles. The minimum atomic E-state index is 0.250. The fourth-order valence-corrected chi connectivity index (χ4v) is 8.14. The average molecular weight is 628 g/mol. The molecule has 3 aromatic heterocycles. The van der Waals surface area contributed by atoms with Gasteiger partial charge in [0.05, 0.1) is 22.4 Å². The van der Waals surface area contributed by atoms with Gasteiger partial charge in [-0.15, -0.1) is 0 Å². The molecular formula is C46H33N3. The van der Waals surface area contributed by atoms with Gasteiger partial charge in [-0.1, -0.05) is 110 Å². The molecule has 0 spiro atoms. The Labute approximate surface area is 285 Å². The highest BCUT2D eigenvalue weighted by Gasteiger charge is 2.23. The molecule has 0 saturated heterocycles. The zero-order chi connectivity index (χ0) is 32.5. The fraction of sp³-hybridized carbons (Fsp3) is 0.0870. The lowest BCUT2D eigenvalue weighted by molar-refractivity contribution is 0.634. The largest absolute Gasteiger partial charge is 0.294 e. The molecule has 0 aliphatic heterocycles. The second-order valence-electron chi connectivity index (χ2n) is 13.5. The third-order valence-corrected chi connectivity index (χ3v) is 10.6. The molecule has 2 aliphatic rings. The van der Waals surface area contributed by atoms with Crippen LogP contribution < -0.4 is 0 Å². The average Bonchev–Trinajstić information content (AvgIpc) is 3.70. The summed E-state index contributed by atoms with van der Waals surface area (Å²) in [5, 5.41) is 4.96. The van der Waals surface area contributed by atoms with Crippen molar-refractivity contribution in [1.29, 1.82) is 0 Å². The van der Waals surface area contributed by atoms with E-state index < -0.39 is 0 Å². The van der Waals surface area contributed by atoms with E-state index in [-0.39, 0.29) is 5.92 Å². The molecule has 0 radical (unpaired) electrons. The fourth-order valence-electron chi connectivity index (χ4n) is 8.14. The molecule has 0 bridgehead atoms. The highest BCUT2D eigenvalue weighted by Crippen LogP contribution is 2.42. The van der Waals surface area contributed by atoms with Gasteiger partial charge in [-0.2, -0.15) is 0 Å². The van der Waals surface area contributed by atoms with Crippen molar-refractivity contribution in [3.8, 4) is 39.5 Å². The standard InChI is InChI=1S/C46H33N3/c1-29-10-2-5-13-36(29)35-27-42(41-16-8-9-23-47-41)48-45(28-35)49-43-21-20-32(26-40(43)46-38-15-7-3-11-30(38)19-22-44(46)49)31-17-18-34-24-33-12-4-6-14-37(33)39(34)25-31/h2-23,25-29,36H,24H2,1H3. The monoisotopic (exact) mass is 627 g/mol. The summed E-state index contributed by atoms with van der Waals surface area (Å²) in [7, 11) is 0. The van der Waals surface area contributed by atoms with Crippen molar-refractivity contribution in [2.45, 2.75) is 19.3 Å². The van der Waals surface area contributed by atoms with E-state index in [2.05, 4.69) is 151 Å². The van der Waals surface area contributed by atoms with Crippen molar-refractivity contribution in [1.82, 2.24) is 14.5 Å². The van der Waals surface area contributed by atoms with E-state index in [9.17, 15) is 0 Å². The Balaban J connectivity index is 1.23. The smallest absolute Gasteiger partial charge is 0.138 e. The van der Waals surface area contributed by atoms with Gasteiger partial charge in [-0.3, -0.25) is 9.55 Å². The van der Waals surface area contributed by atoms with E-state index >= 15 is 0 Å². The van der Waals surface area contributed by atoms with Crippen LogP contribution in [0.5, 0.6) is 0 Å². The number of hydrogen-bond donors (Lipinski definition) is 0. The number of hydrogen-bond acceptors (Lipinski definition) is 2. The van der Waals surface area contributed by atoms with Gasteiger partial charge in [-0.25, -0.2) is 4.98 Å². The van der Waals surface area contributed by atoms with Gasteiger partial charge < -0.3 is 0 Å². The maximum absolute atomic E-state index is 5.35. The Morgan fingerprint density at radius 2 is 1.41 bits per heavy atom. The van der Waals surface area contributed by atoms with Crippen LogP contribution >= 0.6 is 0 Å². The summed E-state index contributed by atoms with van der Waals surface area (Å²) < 4.78 is 2.36. The summed E-state index contributed by atoms with van der Waals surface area (Å²) in [6, 6.07) is 46.6. The maximum atomic E-state index is 5.35. The molecule has 5 aromatic carbocycles. The Morgan fingerprint density at radius 1 is 0.612 bits per heavy atom. The molecule has 2 aliphatic carbocycles. The van der Waals surface area contributed by atoms with E-state index in [0.717, 1.165) is 34.7 Å². The van der Waals surface area contributed by atoms with Crippen LogP contribution in [0.3, 0.4) is 0 Å². The molecule has 2 unspecified atom stereocenters. The van der Waals surface area contributed by atoms with Crippen LogP contribution in [0.15, 0.2) is 158 Å².